The van der Waals surface area contributed by atoms with Crippen LogP contribution in [-0.4, -0.2) is 24.8 Å². The minimum absolute atomic E-state index is 0.0593. The molecule has 6 heteroatoms. The van der Waals surface area contributed by atoms with Gasteiger partial charge in [0.1, 0.15) is 5.60 Å². The van der Waals surface area contributed by atoms with E-state index in [0.29, 0.717) is 34.7 Å². The van der Waals surface area contributed by atoms with Gasteiger partial charge in [-0.3, -0.25) is 10.1 Å². The lowest BCUT2D eigenvalue weighted by atomic mass is 10.0. The highest BCUT2D eigenvalue weighted by molar-refractivity contribution is 5.93. The van der Waals surface area contributed by atoms with E-state index in [1.807, 2.05) is 6.92 Å². The summed E-state index contributed by atoms with van der Waals surface area (Å²) in [5.74, 6) is 0.878. The Bertz CT molecular complexity index is 574. The number of hydrogen-bond donors (Lipinski definition) is 1. The third-order valence-corrected chi connectivity index (χ3v) is 2.91. The first-order valence-corrected chi connectivity index (χ1v) is 6.76. The van der Waals surface area contributed by atoms with Crippen molar-refractivity contribution >= 4 is 18.1 Å². The average Bonchev–Trinajstić information content (AvgIpc) is 2.83. The molecular formula is C15H19NO5. The number of rotatable bonds is 3. The summed E-state index contributed by atoms with van der Waals surface area (Å²) in [4.78, 5) is 23.2. The minimum atomic E-state index is -0.612. The smallest absolute Gasteiger partial charge is 0.412 e. The highest BCUT2D eigenvalue weighted by Crippen LogP contribution is 2.43. The third-order valence-electron chi connectivity index (χ3n) is 2.91. The van der Waals surface area contributed by atoms with Crippen LogP contribution in [-0.2, 0) is 11.2 Å². The zero-order chi connectivity index (χ0) is 15.6. The number of nitrogens with one attached hydrogen (secondary N) is 1. The van der Waals surface area contributed by atoms with E-state index in [4.69, 9.17) is 14.2 Å². The number of aldehydes is 1. The molecular weight excluding hydrogens is 274 g/mol. The van der Waals surface area contributed by atoms with Crippen LogP contribution >= 0.6 is 0 Å². The van der Waals surface area contributed by atoms with Crippen molar-refractivity contribution in [3.05, 3.63) is 17.2 Å². The van der Waals surface area contributed by atoms with Crippen molar-refractivity contribution in [2.45, 2.75) is 39.7 Å². The van der Waals surface area contributed by atoms with E-state index in [-0.39, 0.29) is 6.79 Å². The lowest BCUT2D eigenvalue weighted by molar-refractivity contribution is 0.0634. The number of hydrogen-bond acceptors (Lipinski definition) is 5. The summed E-state index contributed by atoms with van der Waals surface area (Å²) in [5, 5.41) is 2.67. The molecule has 0 radical (unpaired) electrons. The SMILES string of the molecule is CCc1c(C=O)cc2c(c1NC(=O)OC(C)(C)C)OCO2. The molecule has 1 aromatic carbocycles. The first-order valence-electron chi connectivity index (χ1n) is 6.76. The summed E-state index contributed by atoms with van der Waals surface area (Å²) in [6.45, 7) is 7.28. The fourth-order valence-corrected chi connectivity index (χ4v) is 2.12. The predicted molar refractivity (Wildman–Crippen MR) is 77.2 cm³/mol. The van der Waals surface area contributed by atoms with Gasteiger partial charge >= 0.3 is 6.09 Å². The predicted octanol–water partition coefficient (Wildman–Crippen LogP) is 3.14. The molecule has 0 saturated heterocycles. The lowest BCUT2D eigenvalue weighted by Crippen LogP contribution is -2.27. The number of anilines is 1. The van der Waals surface area contributed by atoms with Crippen LogP contribution in [0.2, 0.25) is 0 Å². The van der Waals surface area contributed by atoms with E-state index in [2.05, 4.69) is 5.32 Å². The molecule has 114 valence electrons. The molecule has 1 aromatic rings. The average molecular weight is 293 g/mol. The summed E-state index contributed by atoms with van der Waals surface area (Å²) in [7, 11) is 0. The van der Waals surface area contributed by atoms with Gasteiger partial charge in [0.15, 0.2) is 17.8 Å². The van der Waals surface area contributed by atoms with Crippen molar-refractivity contribution in [2.24, 2.45) is 0 Å². The van der Waals surface area contributed by atoms with Crippen LogP contribution in [0, 0.1) is 0 Å². The molecule has 21 heavy (non-hydrogen) atoms. The summed E-state index contributed by atoms with van der Waals surface area (Å²) in [6, 6.07) is 1.62. The molecule has 1 N–H and O–H groups in total. The van der Waals surface area contributed by atoms with Gasteiger partial charge < -0.3 is 14.2 Å². The number of carbonyl (C=O) groups excluding carboxylic acids is 2. The molecule has 0 aromatic heterocycles. The molecule has 0 bridgehead atoms. The summed E-state index contributed by atoms with van der Waals surface area (Å²) < 4.78 is 15.9. The second kappa shape index (κ2) is 5.63. The maximum absolute atomic E-state index is 12.0. The minimum Gasteiger partial charge on any atom is -0.453 e. The molecule has 2 rings (SSSR count). The largest absolute Gasteiger partial charge is 0.453 e. The van der Waals surface area contributed by atoms with Crippen LogP contribution in [0.4, 0.5) is 10.5 Å². The van der Waals surface area contributed by atoms with Crippen molar-refractivity contribution in [1.82, 2.24) is 0 Å². The number of amides is 1. The quantitative estimate of drug-likeness (QED) is 0.867. The molecule has 0 aliphatic carbocycles. The number of ether oxygens (including phenoxy) is 3. The standard InChI is InChI=1S/C15H19NO5/c1-5-10-9(7-17)6-11-13(20-8-19-11)12(10)16-14(18)21-15(2,3)4/h6-7H,5,8H2,1-4H3,(H,16,18). The van der Waals surface area contributed by atoms with E-state index in [0.717, 1.165) is 6.29 Å². The first kappa shape index (κ1) is 15.2. The maximum Gasteiger partial charge on any atom is 0.412 e. The molecule has 0 spiro atoms. The maximum atomic E-state index is 12.0. The van der Waals surface area contributed by atoms with Gasteiger partial charge in [0.2, 0.25) is 6.79 Å². The van der Waals surface area contributed by atoms with Crippen molar-refractivity contribution in [1.29, 1.82) is 0 Å². The van der Waals surface area contributed by atoms with Gasteiger partial charge in [0.05, 0.1) is 5.69 Å². The molecule has 1 aliphatic rings. The Morgan fingerprint density at radius 1 is 1.43 bits per heavy atom. The molecule has 1 heterocycles. The number of carbonyl (C=O) groups is 2. The fourth-order valence-electron chi connectivity index (χ4n) is 2.12. The van der Waals surface area contributed by atoms with Crippen molar-refractivity contribution in [3.8, 4) is 11.5 Å². The van der Waals surface area contributed by atoms with Gasteiger partial charge in [-0.1, -0.05) is 6.92 Å². The van der Waals surface area contributed by atoms with Crippen molar-refractivity contribution in [3.63, 3.8) is 0 Å². The second-order valence-corrected chi connectivity index (χ2v) is 5.65. The Morgan fingerprint density at radius 2 is 2.14 bits per heavy atom. The summed E-state index contributed by atoms with van der Waals surface area (Å²) in [5.41, 5.74) is 0.982. The fraction of sp³-hybridized carbons (Fsp3) is 0.467. The van der Waals surface area contributed by atoms with Crippen LogP contribution in [0.25, 0.3) is 0 Å². The van der Waals surface area contributed by atoms with E-state index < -0.39 is 11.7 Å². The van der Waals surface area contributed by atoms with E-state index in [1.54, 1.807) is 26.8 Å². The van der Waals surface area contributed by atoms with Crippen LogP contribution in [0.3, 0.4) is 0 Å². The molecule has 6 nitrogen and oxygen atoms in total. The van der Waals surface area contributed by atoms with Crippen molar-refractivity contribution < 1.29 is 23.8 Å². The Kier molecular flexibility index (Phi) is 4.06. The van der Waals surface area contributed by atoms with Gasteiger partial charge in [-0.05, 0) is 38.8 Å². The van der Waals surface area contributed by atoms with Crippen LogP contribution in [0.15, 0.2) is 6.07 Å². The Morgan fingerprint density at radius 3 is 2.71 bits per heavy atom. The molecule has 1 aliphatic heterocycles. The molecule has 1 amide bonds. The number of fused-ring (bicyclic) bond motifs is 1. The molecule has 0 unspecified atom stereocenters. The Labute approximate surface area is 123 Å². The molecule has 0 fully saturated rings. The second-order valence-electron chi connectivity index (χ2n) is 5.65. The highest BCUT2D eigenvalue weighted by Gasteiger charge is 2.26. The zero-order valence-electron chi connectivity index (χ0n) is 12.6. The molecule has 0 atom stereocenters. The van der Waals surface area contributed by atoms with E-state index >= 15 is 0 Å². The lowest BCUT2D eigenvalue weighted by Gasteiger charge is -2.21. The van der Waals surface area contributed by atoms with Crippen LogP contribution in [0.1, 0.15) is 43.6 Å². The Hall–Kier alpha value is -2.24. The van der Waals surface area contributed by atoms with Gasteiger partial charge in [0.25, 0.3) is 0 Å². The summed E-state index contributed by atoms with van der Waals surface area (Å²) in [6.07, 6.45) is 0.703. The van der Waals surface area contributed by atoms with Crippen molar-refractivity contribution in [2.75, 3.05) is 12.1 Å². The zero-order valence-corrected chi connectivity index (χ0v) is 12.6. The van der Waals surface area contributed by atoms with E-state index in [9.17, 15) is 9.59 Å². The molecule has 0 saturated carbocycles. The number of benzene rings is 1. The Balaban J connectivity index is 2.39. The van der Waals surface area contributed by atoms with Gasteiger partial charge in [-0.2, -0.15) is 0 Å². The third kappa shape index (κ3) is 3.26. The summed E-state index contributed by atoms with van der Waals surface area (Å²) >= 11 is 0. The van der Waals surface area contributed by atoms with Crippen LogP contribution in [0.5, 0.6) is 11.5 Å². The van der Waals surface area contributed by atoms with Gasteiger partial charge in [0, 0.05) is 5.56 Å². The van der Waals surface area contributed by atoms with Crippen LogP contribution < -0.4 is 14.8 Å². The normalized spacial score (nSPS) is 13.0. The highest BCUT2D eigenvalue weighted by atomic mass is 16.7. The van der Waals surface area contributed by atoms with E-state index in [1.165, 1.54) is 0 Å². The van der Waals surface area contributed by atoms with Gasteiger partial charge in [-0.15, -0.1) is 0 Å². The topological polar surface area (TPSA) is 73.9 Å². The van der Waals surface area contributed by atoms with Gasteiger partial charge in [-0.25, -0.2) is 4.79 Å². The first-order chi connectivity index (χ1) is 9.85. The monoisotopic (exact) mass is 293 g/mol.